The molecule has 2 N–H and O–H groups in total. The average molecular weight is 313 g/mol. The van der Waals surface area contributed by atoms with Crippen LogP contribution in [0.4, 0.5) is 0 Å². The second-order valence-electron chi connectivity index (χ2n) is 5.59. The number of aromatic nitrogens is 1. The number of hydrogen-bond donors (Lipinski definition) is 2. The normalized spacial score (nSPS) is 17.5. The summed E-state index contributed by atoms with van der Waals surface area (Å²) < 4.78 is 5.36. The summed E-state index contributed by atoms with van der Waals surface area (Å²) in [5, 5.41) is 5.61. The molecule has 0 saturated heterocycles. The fourth-order valence-electron chi connectivity index (χ4n) is 3.31. The summed E-state index contributed by atoms with van der Waals surface area (Å²) in [5.74, 6) is 0.891. The van der Waals surface area contributed by atoms with Crippen molar-refractivity contribution in [2.45, 2.75) is 12.5 Å². The summed E-state index contributed by atoms with van der Waals surface area (Å²) in [6.45, 7) is 0.938. The van der Waals surface area contributed by atoms with Crippen molar-refractivity contribution < 1.29 is 4.74 Å². The van der Waals surface area contributed by atoms with Crippen molar-refractivity contribution in [1.82, 2.24) is 10.3 Å². The van der Waals surface area contributed by atoms with Crippen LogP contribution < -0.4 is 10.1 Å². The summed E-state index contributed by atoms with van der Waals surface area (Å²) >= 11 is 6.40. The molecule has 0 aliphatic carbocycles. The van der Waals surface area contributed by atoms with Gasteiger partial charge in [-0.3, -0.25) is 0 Å². The molecule has 0 fully saturated rings. The molecule has 0 bridgehead atoms. The van der Waals surface area contributed by atoms with Crippen LogP contribution in [0.5, 0.6) is 5.75 Å². The standard InChI is InChI=1S/C18H17ClN2O/c1-22-11-6-7-16-14(10-11)12-8-9-20-17(18(12)21-16)13-4-2-3-5-15(13)19/h2-7,10,17,20-21H,8-9H2,1H3/t17-/m0/s1. The largest absolute Gasteiger partial charge is 0.497 e. The van der Waals surface area contributed by atoms with Gasteiger partial charge < -0.3 is 15.0 Å². The Morgan fingerprint density at radius 1 is 1.18 bits per heavy atom. The predicted molar refractivity (Wildman–Crippen MR) is 89.9 cm³/mol. The van der Waals surface area contributed by atoms with Gasteiger partial charge in [-0.15, -0.1) is 0 Å². The summed E-state index contributed by atoms with van der Waals surface area (Å²) in [6.07, 6.45) is 1.00. The number of benzene rings is 2. The maximum atomic E-state index is 6.40. The Kier molecular flexibility index (Phi) is 3.32. The minimum absolute atomic E-state index is 0.107. The molecule has 1 aliphatic heterocycles. The Bertz CT molecular complexity index is 840. The zero-order valence-electron chi connectivity index (χ0n) is 12.3. The molecule has 0 amide bonds. The molecule has 1 aromatic heterocycles. The molecule has 2 aromatic carbocycles. The van der Waals surface area contributed by atoms with E-state index >= 15 is 0 Å². The average Bonchev–Trinajstić information content (AvgIpc) is 2.93. The minimum atomic E-state index is 0.107. The lowest BCUT2D eigenvalue weighted by Gasteiger charge is -2.25. The van der Waals surface area contributed by atoms with Gasteiger partial charge in [-0.05, 0) is 41.8 Å². The second kappa shape index (κ2) is 5.34. The number of hydrogen-bond acceptors (Lipinski definition) is 2. The van der Waals surface area contributed by atoms with Gasteiger partial charge in [0.2, 0.25) is 0 Å². The molecule has 112 valence electrons. The van der Waals surface area contributed by atoms with Crippen molar-refractivity contribution in [2.24, 2.45) is 0 Å². The molecule has 22 heavy (non-hydrogen) atoms. The molecule has 0 spiro atoms. The van der Waals surface area contributed by atoms with Gasteiger partial charge in [0.05, 0.1) is 13.2 Å². The highest BCUT2D eigenvalue weighted by molar-refractivity contribution is 6.31. The quantitative estimate of drug-likeness (QED) is 0.748. The van der Waals surface area contributed by atoms with E-state index in [0.717, 1.165) is 34.8 Å². The molecule has 0 unspecified atom stereocenters. The van der Waals surface area contributed by atoms with Gasteiger partial charge in [-0.1, -0.05) is 29.8 Å². The molecule has 1 aliphatic rings. The number of fused-ring (bicyclic) bond motifs is 3. The van der Waals surface area contributed by atoms with Crippen molar-refractivity contribution in [1.29, 1.82) is 0 Å². The summed E-state index contributed by atoms with van der Waals surface area (Å²) in [7, 11) is 1.70. The zero-order valence-corrected chi connectivity index (χ0v) is 13.1. The van der Waals surface area contributed by atoms with Crippen LogP contribution in [0.15, 0.2) is 42.5 Å². The number of rotatable bonds is 2. The van der Waals surface area contributed by atoms with Crippen LogP contribution in [-0.4, -0.2) is 18.6 Å². The highest BCUT2D eigenvalue weighted by Crippen LogP contribution is 2.36. The molecule has 3 aromatic rings. The van der Waals surface area contributed by atoms with E-state index in [1.165, 1.54) is 16.6 Å². The van der Waals surface area contributed by atoms with Crippen LogP contribution >= 0.6 is 11.6 Å². The molecular weight excluding hydrogens is 296 g/mol. The molecule has 1 atom stereocenters. The maximum Gasteiger partial charge on any atom is 0.119 e. The fourth-order valence-corrected chi connectivity index (χ4v) is 3.55. The van der Waals surface area contributed by atoms with Crippen LogP contribution in [0.2, 0.25) is 5.02 Å². The first-order valence-corrected chi connectivity index (χ1v) is 7.82. The molecule has 3 nitrogen and oxygen atoms in total. The zero-order chi connectivity index (χ0) is 15.1. The van der Waals surface area contributed by atoms with Crippen molar-refractivity contribution >= 4 is 22.5 Å². The maximum absolute atomic E-state index is 6.40. The fraction of sp³-hybridized carbons (Fsp3) is 0.222. The van der Waals surface area contributed by atoms with Crippen LogP contribution in [-0.2, 0) is 6.42 Å². The Balaban J connectivity index is 1.90. The van der Waals surface area contributed by atoms with Gasteiger partial charge in [-0.2, -0.15) is 0 Å². The smallest absolute Gasteiger partial charge is 0.119 e. The Hall–Kier alpha value is -1.97. The molecule has 0 radical (unpaired) electrons. The number of nitrogens with one attached hydrogen (secondary N) is 2. The van der Waals surface area contributed by atoms with E-state index in [4.69, 9.17) is 16.3 Å². The van der Waals surface area contributed by atoms with Gasteiger partial charge in [0, 0.05) is 28.2 Å². The Morgan fingerprint density at radius 2 is 2.05 bits per heavy atom. The second-order valence-corrected chi connectivity index (χ2v) is 5.99. The SMILES string of the molecule is COc1ccc2[nH]c3c(c2c1)CCN[C@H]3c1ccccc1Cl. The van der Waals surface area contributed by atoms with Gasteiger partial charge >= 0.3 is 0 Å². The molecule has 4 heteroatoms. The molecule has 4 rings (SSSR count). The first-order valence-electron chi connectivity index (χ1n) is 7.44. The van der Waals surface area contributed by atoms with Crippen molar-refractivity contribution in [2.75, 3.05) is 13.7 Å². The van der Waals surface area contributed by atoms with Gasteiger partial charge in [-0.25, -0.2) is 0 Å². The third-order valence-electron chi connectivity index (χ3n) is 4.37. The highest BCUT2D eigenvalue weighted by Gasteiger charge is 2.26. The number of ether oxygens (including phenoxy) is 1. The van der Waals surface area contributed by atoms with Crippen LogP contribution in [0.1, 0.15) is 22.9 Å². The summed E-state index contributed by atoms with van der Waals surface area (Å²) in [5.41, 5.74) is 4.83. The molecule has 2 heterocycles. The van der Waals surface area contributed by atoms with Gasteiger partial charge in [0.25, 0.3) is 0 Å². The Morgan fingerprint density at radius 3 is 2.86 bits per heavy atom. The van der Waals surface area contributed by atoms with E-state index in [9.17, 15) is 0 Å². The topological polar surface area (TPSA) is 37.0 Å². The lowest BCUT2D eigenvalue weighted by atomic mass is 9.94. The third-order valence-corrected chi connectivity index (χ3v) is 4.72. The first kappa shape index (κ1) is 13.7. The number of aromatic amines is 1. The summed E-state index contributed by atoms with van der Waals surface area (Å²) in [6, 6.07) is 14.3. The van der Waals surface area contributed by atoms with Crippen molar-refractivity contribution in [3.8, 4) is 5.75 Å². The van der Waals surface area contributed by atoms with E-state index in [1.807, 2.05) is 24.3 Å². The number of halogens is 1. The van der Waals surface area contributed by atoms with Gasteiger partial charge in [0.1, 0.15) is 5.75 Å². The van der Waals surface area contributed by atoms with E-state index in [2.05, 4.69) is 28.5 Å². The predicted octanol–water partition coefficient (Wildman–Crippen LogP) is 4.07. The molecular formula is C18H17ClN2O. The van der Waals surface area contributed by atoms with Crippen molar-refractivity contribution in [3.63, 3.8) is 0 Å². The lowest BCUT2D eigenvalue weighted by molar-refractivity contribution is 0.415. The third kappa shape index (κ3) is 2.09. The number of H-pyrrole nitrogens is 1. The highest BCUT2D eigenvalue weighted by atomic mass is 35.5. The van der Waals surface area contributed by atoms with Crippen LogP contribution in [0, 0.1) is 0 Å². The van der Waals surface area contributed by atoms with Gasteiger partial charge in [0.15, 0.2) is 0 Å². The Labute approximate surface area is 134 Å². The summed E-state index contributed by atoms with van der Waals surface area (Å²) in [4.78, 5) is 3.57. The van der Waals surface area contributed by atoms with Crippen LogP contribution in [0.3, 0.4) is 0 Å². The number of methoxy groups -OCH3 is 1. The van der Waals surface area contributed by atoms with E-state index in [1.54, 1.807) is 7.11 Å². The van der Waals surface area contributed by atoms with E-state index in [0.29, 0.717) is 0 Å². The minimum Gasteiger partial charge on any atom is -0.497 e. The monoisotopic (exact) mass is 312 g/mol. The van der Waals surface area contributed by atoms with E-state index < -0.39 is 0 Å². The first-order chi connectivity index (χ1) is 10.8. The van der Waals surface area contributed by atoms with E-state index in [-0.39, 0.29) is 6.04 Å². The van der Waals surface area contributed by atoms with Crippen LogP contribution in [0.25, 0.3) is 10.9 Å². The molecule has 0 saturated carbocycles. The lowest BCUT2D eigenvalue weighted by Crippen LogP contribution is -2.30. The van der Waals surface area contributed by atoms with Crippen molar-refractivity contribution in [3.05, 3.63) is 64.3 Å².